The quantitative estimate of drug-likeness (QED) is 0.455. The number of hydrogen-bond donors (Lipinski definition) is 4. The second-order valence-corrected chi connectivity index (χ2v) is 4.05. The Morgan fingerprint density at radius 3 is 2.40 bits per heavy atom. The number of ether oxygens (including phenoxy) is 2. The summed E-state index contributed by atoms with van der Waals surface area (Å²) in [5.41, 5.74) is 0. The molecule has 4 N–H and O–H groups in total. The molecule has 1 aliphatic heterocycles. The van der Waals surface area contributed by atoms with Crippen molar-refractivity contribution in [2.75, 3.05) is 18.5 Å². The third-order valence-electron chi connectivity index (χ3n) is 2.23. The fourth-order valence-electron chi connectivity index (χ4n) is 1.43. The van der Waals surface area contributed by atoms with E-state index in [4.69, 9.17) is 14.6 Å². The molecular formula is C8H15BrO6. The molecule has 0 aromatic rings. The summed E-state index contributed by atoms with van der Waals surface area (Å²) in [4.78, 5) is 0. The molecule has 0 aromatic heterocycles. The van der Waals surface area contributed by atoms with Gasteiger partial charge in [-0.05, 0) is 0 Å². The van der Waals surface area contributed by atoms with E-state index in [0.717, 1.165) is 0 Å². The smallest absolute Gasteiger partial charge is 0.184 e. The van der Waals surface area contributed by atoms with Gasteiger partial charge in [-0.3, -0.25) is 0 Å². The van der Waals surface area contributed by atoms with Crippen molar-refractivity contribution < 1.29 is 29.9 Å². The van der Waals surface area contributed by atoms with Crippen molar-refractivity contribution in [1.82, 2.24) is 0 Å². The van der Waals surface area contributed by atoms with Crippen molar-refractivity contribution in [3.8, 4) is 0 Å². The van der Waals surface area contributed by atoms with E-state index in [1.807, 2.05) is 0 Å². The third-order valence-corrected chi connectivity index (χ3v) is 2.55. The van der Waals surface area contributed by atoms with Gasteiger partial charge in [0.1, 0.15) is 24.4 Å². The SMILES string of the molecule is OC[C@H]1O[C@H](O)[C@@H](OCCBr)[C@@H](O)[C@@H]1O. The van der Waals surface area contributed by atoms with Crippen LogP contribution >= 0.6 is 15.9 Å². The Morgan fingerprint density at radius 2 is 1.87 bits per heavy atom. The summed E-state index contributed by atoms with van der Waals surface area (Å²) in [6.45, 7) is -0.195. The second-order valence-electron chi connectivity index (χ2n) is 3.25. The molecule has 1 rings (SSSR count). The molecule has 15 heavy (non-hydrogen) atoms. The van der Waals surface area contributed by atoms with E-state index in [1.54, 1.807) is 0 Å². The second kappa shape index (κ2) is 6.09. The van der Waals surface area contributed by atoms with Crippen molar-refractivity contribution in [3.05, 3.63) is 0 Å². The van der Waals surface area contributed by atoms with Gasteiger partial charge < -0.3 is 29.9 Å². The van der Waals surface area contributed by atoms with Crippen LogP contribution in [-0.2, 0) is 9.47 Å². The minimum atomic E-state index is -1.35. The minimum Gasteiger partial charge on any atom is -0.394 e. The number of aliphatic hydroxyl groups excluding tert-OH is 4. The van der Waals surface area contributed by atoms with E-state index in [-0.39, 0.29) is 6.61 Å². The maximum atomic E-state index is 9.59. The van der Waals surface area contributed by atoms with Gasteiger partial charge in [0.05, 0.1) is 13.2 Å². The van der Waals surface area contributed by atoms with Gasteiger partial charge in [0.25, 0.3) is 0 Å². The predicted molar refractivity (Wildman–Crippen MR) is 53.5 cm³/mol. The van der Waals surface area contributed by atoms with E-state index in [0.29, 0.717) is 5.33 Å². The first-order valence-corrected chi connectivity index (χ1v) is 5.72. The molecule has 6 nitrogen and oxygen atoms in total. The summed E-state index contributed by atoms with van der Waals surface area (Å²) in [6, 6.07) is 0. The highest BCUT2D eigenvalue weighted by Gasteiger charge is 2.44. The molecule has 0 saturated carbocycles. The lowest BCUT2D eigenvalue weighted by Gasteiger charge is -2.39. The molecule has 0 amide bonds. The first-order valence-electron chi connectivity index (χ1n) is 4.60. The Hall–Kier alpha value is 0.240. The van der Waals surface area contributed by atoms with E-state index in [9.17, 15) is 15.3 Å². The van der Waals surface area contributed by atoms with Crippen LogP contribution in [0.2, 0.25) is 0 Å². The molecule has 1 fully saturated rings. The molecule has 0 aliphatic carbocycles. The van der Waals surface area contributed by atoms with Crippen LogP contribution in [-0.4, -0.2) is 69.7 Å². The fraction of sp³-hybridized carbons (Fsp3) is 1.00. The molecule has 0 bridgehead atoms. The zero-order valence-corrected chi connectivity index (χ0v) is 9.58. The van der Waals surface area contributed by atoms with Crippen LogP contribution in [0.4, 0.5) is 0 Å². The maximum Gasteiger partial charge on any atom is 0.184 e. The molecule has 1 saturated heterocycles. The summed E-state index contributed by atoms with van der Waals surface area (Å²) in [5.74, 6) is 0. The van der Waals surface area contributed by atoms with Gasteiger partial charge in [-0.1, -0.05) is 15.9 Å². The molecule has 1 heterocycles. The average Bonchev–Trinajstić information content (AvgIpc) is 2.23. The highest BCUT2D eigenvalue weighted by Crippen LogP contribution is 2.21. The molecule has 0 aromatic carbocycles. The van der Waals surface area contributed by atoms with Crippen molar-refractivity contribution in [1.29, 1.82) is 0 Å². The topological polar surface area (TPSA) is 99.4 Å². The summed E-state index contributed by atoms with van der Waals surface area (Å²) in [5, 5.41) is 37.9. The highest BCUT2D eigenvalue weighted by molar-refractivity contribution is 9.09. The molecular weight excluding hydrogens is 272 g/mol. The zero-order chi connectivity index (χ0) is 11.4. The normalized spacial score (nSPS) is 41.8. The van der Waals surface area contributed by atoms with E-state index in [1.165, 1.54) is 0 Å². The Morgan fingerprint density at radius 1 is 1.20 bits per heavy atom. The Bertz CT molecular complexity index is 192. The summed E-state index contributed by atoms with van der Waals surface area (Å²) >= 11 is 3.13. The van der Waals surface area contributed by atoms with Crippen LogP contribution in [0.3, 0.4) is 0 Å². The molecule has 7 heteroatoms. The Balaban J connectivity index is 2.58. The zero-order valence-electron chi connectivity index (χ0n) is 7.99. The van der Waals surface area contributed by atoms with E-state index < -0.39 is 37.3 Å². The first-order chi connectivity index (χ1) is 7.11. The number of rotatable bonds is 4. The van der Waals surface area contributed by atoms with Crippen molar-refractivity contribution in [2.24, 2.45) is 0 Å². The standard InChI is InChI=1S/C8H15BrO6/c9-1-2-14-7-6(12)5(11)4(3-10)15-8(7)13/h4-8,10-13H,1-3H2/t4-,5-,6+,7+,8+/m1/s1. The lowest BCUT2D eigenvalue weighted by atomic mass is 9.99. The molecule has 5 atom stereocenters. The number of hydrogen-bond acceptors (Lipinski definition) is 6. The van der Waals surface area contributed by atoms with Crippen LogP contribution in [0.15, 0.2) is 0 Å². The van der Waals surface area contributed by atoms with Crippen molar-refractivity contribution >= 4 is 15.9 Å². The van der Waals surface area contributed by atoms with Crippen molar-refractivity contribution in [2.45, 2.75) is 30.7 Å². The maximum absolute atomic E-state index is 9.59. The van der Waals surface area contributed by atoms with Crippen molar-refractivity contribution in [3.63, 3.8) is 0 Å². The van der Waals surface area contributed by atoms with Gasteiger partial charge in [0.2, 0.25) is 0 Å². The van der Waals surface area contributed by atoms with Gasteiger partial charge >= 0.3 is 0 Å². The Labute approximate surface area is 95.6 Å². The average molecular weight is 287 g/mol. The molecule has 0 unspecified atom stereocenters. The fourth-order valence-corrected chi connectivity index (χ4v) is 1.62. The van der Waals surface area contributed by atoms with Gasteiger partial charge in [-0.2, -0.15) is 0 Å². The lowest BCUT2D eigenvalue weighted by Crippen LogP contribution is -2.59. The molecule has 90 valence electrons. The number of halogens is 1. The molecule has 0 radical (unpaired) electrons. The Kier molecular flexibility index (Phi) is 5.41. The first kappa shape index (κ1) is 13.3. The minimum absolute atomic E-state index is 0.276. The number of aliphatic hydroxyl groups is 4. The van der Waals surface area contributed by atoms with Gasteiger partial charge in [0.15, 0.2) is 6.29 Å². The van der Waals surface area contributed by atoms with Crippen LogP contribution in [0.25, 0.3) is 0 Å². The lowest BCUT2D eigenvalue weighted by molar-refractivity contribution is -0.295. The largest absolute Gasteiger partial charge is 0.394 e. The van der Waals surface area contributed by atoms with Gasteiger partial charge in [0, 0.05) is 5.33 Å². The van der Waals surface area contributed by atoms with E-state index in [2.05, 4.69) is 15.9 Å². The van der Waals surface area contributed by atoms with Crippen LogP contribution in [0.1, 0.15) is 0 Å². The molecule has 0 spiro atoms. The van der Waals surface area contributed by atoms with Crippen LogP contribution in [0, 0.1) is 0 Å². The van der Waals surface area contributed by atoms with Gasteiger partial charge in [-0.25, -0.2) is 0 Å². The van der Waals surface area contributed by atoms with E-state index >= 15 is 0 Å². The highest BCUT2D eigenvalue weighted by atomic mass is 79.9. The van der Waals surface area contributed by atoms with Crippen LogP contribution < -0.4 is 0 Å². The summed E-state index contributed by atoms with van der Waals surface area (Å²) in [7, 11) is 0. The number of alkyl halides is 1. The molecule has 1 aliphatic rings. The van der Waals surface area contributed by atoms with Crippen LogP contribution in [0.5, 0.6) is 0 Å². The monoisotopic (exact) mass is 286 g/mol. The third kappa shape index (κ3) is 3.10. The summed E-state index contributed by atoms with van der Waals surface area (Å²) < 4.78 is 9.99. The van der Waals surface area contributed by atoms with Gasteiger partial charge in [-0.15, -0.1) is 0 Å². The summed E-state index contributed by atoms with van der Waals surface area (Å²) in [6.07, 6.45) is -5.87. The predicted octanol–water partition coefficient (Wildman–Crippen LogP) is -1.80.